The predicted octanol–water partition coefficient (Wildman–Crippen LogP) is 3.99. The van der Waals surface area contributed by atoms with Gasteiger partial charge < -0.3 is 5.32 Å². The Morgan fingerprint density at radius 2 is 1.82 bits per heavy atom. The number of nitrogens with one attached hydrogen (secondary N) is 1. The summed E-state index contributed by atoms with van der Waals surface area (Å²) in [7, 11) is 0. The molecule has 0 aromatic heterocycles. The summed E-state index contributed by atoms with van der Waals surface area (Å²) in [6.45, 7) is 4.40. The number of carbonyl (C=O) groups excluding carboxylic acids is 1. The first-order valence-corrected chi connectivity index (χ1v) is 6.44. The summed E-state index contributed by atoms with van der Waals surface area (Å²) < 4.78 is 0. The molecule has 0 heterocycles. The van der Waals surface area contributed by atoms with Crippen LogP contribution in [0.25, 0.3) is 0 Å². The summed E-state index contributed by atoms with van der Waals surface area (Å²) in [5.41, 5.74) is 0.145. The molecule has 5 heteroatoms. The molecule has 1 aromatic carbocycles. The van der Waals surface area contributed by atoms with Crippen LogP contribution in [0.3, 0.4) is 0 Å². The van der Waals surface area contributed by atoms with E-state index in [1.54, 1.807) is 18.2 Å². The van der Waals surface area contributed by atoms with Crippen LogP contribution in [0.2, 0.25) is 10.0 Å². The van der Waals surface area contributed by atoms with Crippen molar-refractivity contribution in [3.05, 3.63) is 33.8 Å². The molecule has 0 aliphatic carbocycles. The minimum Gasteiger partial charge on any atom is -0.351 e. The number of halogens is 3. The van der Waals surface area contributed by atoms with E-state index < -0.39 is 0 Å². The van der Waals surface area contributed by atoms with Crippen LogP contribution in [-0.2, 0) is 0 Å². The third-order valence-corrected chi connectivity index (χ3v) is 3.63. The fourth-order valence-electron chi connectivity index (χ4n) is 1.17. The Bertz CT molecular complexity index is 398. The zero-order valence-electron chi connectivity index (χ0n) is 9.69. The Labute approximate surface area is 116 Å². The lowest BCUT2D eigenvalue weighted by Gasteiger charge is -2.21. The zero-order valence-corrected chi connectivity index (χ0v) is 12.0. The summed E-state index contributed by atoms with van der Waals surface area (Å²) in [5, 5.41) is 3.47. The second kappa shape index (κ2) is 5.94. The van der Waals surface area contributed by atoms with Gasteiger partial charge >= 0.3 is 0 Å². The maximum atomic E-state index is 11.9. The molecule has 0 bridgehead atoms. The SMILES string of the molecule is CC(C)(CCl)CNC(=O)c1c(Cl)cccc1Cl. The Morgan fingerprint density at radius 3 is 2.29 bits per heavy atom. The van der Waals surface area contributed by atoms with E-state index in [1.807, 2.05) is 13.8 Å². The van der Waals surface area contributed by atoms with E-state index in [4.69, 9.17) is 34.8 Å². The van der Waals surface area contributed by atoms with E-state index >= 15 is 0 Å². The molecular formula is C12H14Cl3NO. The average Bonchev–Trinajstić information content (AvgIpc) is 2.26. The van der Waals surface area contributed by atoms with Crippen LogP contribution in [0, 0.1) is 5.41 Å². The Morgan fingerprint density at radius 1 is 1.29 bits per heavy atom. The number of alkyl halides is 1. The maximum Gasteiger partial charge on any atom is 0.254 e. The quantitative estimate of drug-likeness (QED) is 0.836. The average molecular weight is 295 g/mol. The Hall–Kier alpha value is -0.440. The van der Waals surface area contributed by atoms with Gasteiger partial charge in [-0.2, -0.15) is 0 Å². The highest BCUT2D eigenvalue weighted by Gasteiger charge is 2.20. The van der Waals surface area contributed by atoms with Crippen molar-refractivity contribution >= 4 is 40.7 Å². The highest BCUT2D eigenvalue weighted by atomic mass is 35.5. The molecule has 0 saturated carbocycles. The Kier molecular flexibility index (Phi) is 5.11. The highest BCUT2D eigenvalue weighted by Crippen LogP contribution is 2.24. The second-order valence-electron chi connectivity index (χ2n) is 4.58. The minimum atomic E-state index is -0.279. The zero-order chi connectivity index (χ0) is 13.1. The molecule has 94 valence electrons. The highest BCUT2D eigenvalue weighted by molar-refractivity contribution is 6.39. The van der Waals surface area contributed by atoms with Crippen molar-refractivity contribution in [1.29, 1.82) is 0 Å². The maximum absolute atomic E-state index is 11.9. The summed E-state index contributed by atoms with van der Waals surface area (Å²) in [6.07, 6.45) is 0. The number of carbonyl (C=O) groups is 1. The van der Waals surface area contributed by atoms with Gasteiger partial charge in [-0.05, 0) is 17.5 Å². The van der Waals surface area contributed by atoms with Gasteiger partial charge in [-0.3, -0.25) is 4.79 Å². The van der Waals surface area contributed by atoms with Crippen molar-refractivity contribution in [2.24, 2.45) is 5.41 Å². The summed E-state index contributed by atoms with van der Waals surface area (Å²) in [6, 6.07) is 4.97. The van der Waals surface area contributed by atoms with E-state index in [0.29, 0.717) is 28.0 Å². The van der Waals surface area contributed by atoms with Crippen molar-refractivity contribution in [3.63, 3.8) is 0 Å². The molecule has 0 radical (unpaired) electrons. The molecule has 0 aliphatic heterocycles. The van der Waals surface area contributed by atoms with Crippen LogP contribution in [0.1, 0.15) is 24.2 Å². The topological polar surface area (TPSA) is 29.1 Å². The van der Waals surface area contributed by atoms with Crippen molar-refractivity contribution in [2.75, 3.05) is 12.4 Å². The number of hydrogen-bond donors (Lipinski definition) is 1. The van der Waals surface area contributed by atoms with Gasteiger partial charge in [0.25, 0.3) is 5.91 Å². The van der Waals surface area contributed by atoms with E-state index in [2.05, 4.69) is 5.32 Å². The Balaban J connectivity index is 2.78. The fraction of sp³-hybridized carbons (Fsp3) is 0.417. The van der Waals surface area contributed by atoms with Crippen LogP contribution in [0.5, 0.6) is 0 Å². The molecule has 2 nitrogen and oxygen atoms in total. The molecular weight excluding hydrogens is 280 g/mol. The summed E-state index contributed by atoms with van der Waals surface area (Å²) in [5.74, 6) is 0.183. The van der Waals surface area contributed by atoms with Crippen LogP contribution in [0.4, 0.5) is 0 Å². The third kappa shape index (κ3) is 4.06. The molecule has 0 saturated heterocycles. The third-order valence-electron chi connectivity index (χ3n) is 2.28. The van der Waals surface area contributed by atoms with E-state index in [9.17, 15) is 4.79 Å². The fourth-order valence-corrected chi connectivity index (χ4v) is 1.83. The van der Waals surface area contributed by atoms with Crippen molar-refractivity contribution in [1.82, 2.24) is 5.32 Å². The van der Waals surface area contributed by atoms with Gasteiger partial charge in [0, 0.05) is 12.4 Å². The molecule has 1 N–H and O–H groups in total. The lowest BCUT2D eigenvalue weighted by molar-refractivity contribution is 0.0940. The van der Waals surface area contributed by atoms with Crippen LogP contribution < -0.4 is 5.32 Å². The number of benzene rings is 1. The van der Waals surface area contributed by atoms with Crippen molar-refractivity contribution < 1.29 is 4.79 Å². The van der Waals surface area contributed by atoms with Crippen molar-refractivity contribution in [2.45, 2.75) is 13.8 Å². The first kappa shape index (κ1) is 14.6. The van der Waals surface area contributed by atoms with Gasteiger partial charge in [0.1, 0.15) is 0 Å². The predicted molar refractivity (Wildman–Crippen MR) is 73.3 cm³/mol. The van der Waals surface area contributed by atoms with Gasteiger partial charge in [-0.1, -0.05) is 43.1 Å². The molecule has 0 atom stereocenters. The van der Waals surface area contributed by atoms with Gasteiger partial charge in [-0.25, -0.2) is 0 Å². The molecule has 0 fully saturated rings. The number of amides is 1. The second-order valence-corrected chi connectivity index (χ2v) is 5.66. The molecule has 0 spiro atoms. The summed E-state index contributed by atoms with van der Waals surface area (Å²) in [4.78, 5) is 11.9. The smallest absolute Gasteiger partial charge is 0.254 e. The molecule has 1 amide bonds. The molecule has 17 heavy (non-hydrogen) atoms. The molecule has 0 aliphatic rings. The number of hydrogen-bond acceptors (Lipinski definition) is 1. The lowest BCUT2D eigenvalue weighted by Crippen LogP contribution is -2.35. The summed E-state index contributed by atoms with van der Waals surface area (Å²) >= 11 is 17.7. The van der Waals surface area contributed by atoms with Gasteiger partial charge in [0.2, 0.25) is 0 Å². The van der Waals surface area contributed by atoms with Crippen LogP contribution >= 0.6 is 34.8 Å². The normalized spacial score (nSPS) is 11.4. The monoisotopic (exact) mass is 293 g/mol. The van der Waals surface area contributed by atoms with Gasteiger partial charge in [-0.15, -0.1) is 11.6 Å². The van der Waals surface area contributed by atoms with Gasteiger partial charge in [0.15, 0.2) is 0 Å². The van der Waals surface area contributed by atoms with E-state index in [1.165, 1.54) is 0 Å². The molecule has 0 unspecified atom stereocenters. The number of rotatable bonds is 4. The largest absolute Gasteiger partial charge is 0.351 e. The van der Waals surface area contributed by atoms with Crippen LogP contribution in [-0.4, -0.2) is 18.3 Å². The standard InChI is InChI=1S/C12H14Cl3NO/c1-12(2,6-13)7-16-11(17)10-8(14)4-3-5-9(10)15/h3-5H,6-7H2,1-2H3,(H,16,17). The first-order valence-electron chi connectivity index (χ1n) is 5.15. The van der Waals surface area contributed by atoms with Crippen LogP contribution in [0.15, 0.2) is 18.2 Å². The first-order chi connectivity index (χ1) is 7.87. The van der Waals surface area contributed by atoms with E-state index in [0.717, 1.165) is 0 Å². The molecule has 1 rings (SSSR count). The van der Waals surface area contributed by atoms with Gasteiger partial charge in [0.05, 0.1) is 15.6 Å². The molecule has 1 aromatic rings. The van der Waals surface area contributed by atoms with E-state index in [-0.39, 0.29) is 11.3 Å². The lowest BCUT2D eigenvalue weighted by atomic mass is 9.96. The van der Waals surface area contributed by atoms with Crippen molar-refractivity contribution in [3.8, 4) is 0 Å². The minimum absolute atomic E-state index is 0.162.